The van der Waals surface area contributed by atoms with Crippen molar-refractivity contribution >= 4 is 23.1 Å². The van der Waals surface area contributed by atoms with Crippen LogP contribution >= 0.6 is 11.5 Å². The van der Waals surface area contributed by atoms with Crippen molar-refractivity contribution in [3.8, 4) is 5.69 Å². The molecule has 3 aromatic rings. The smallest absolute Gasteiger partial charge is 0.246 e. The number of carbonyl (C=O) groups excluding carboxylic acids is 1. The fraction of sp³-hybridized carbons (Fsp3) is 0.0667. The molecular formula is C15H13N5OS. The van der Waals surface area contributed by atoms with Gasteiger partial charge in [-0.05, 0) is 29.5 Å². The maximum Gasteiger partial charge on any atom is 0.246 e. The molecule has 2 aromatic carbocycles. The minimum Gasteiger partial charge on any atom is -0.324 e. The first-order valence-corrected chi connectivity index (χ1v) is 7.43. The Morgan fingerprint density at radius 1 is 1.09 bits per heavy atom. The van der Waals surface area contributed by atoms with Crippen LogP contribution in [0.4, 0.5) is 5.69 Å². The molecule has 0 bridgehead atoms. The van der Waals surface area contributed by atoms with Gasteiger partial charge in [0.05, 0.1) is 5.69 Å². The van der Waals surface area contributed by atoms with Crippen LogP contribution in [0, 0.1) is 0 Å². The summed E-state index contributed by atoms with van der Waals surface area (Å²) < 4.78 is 5.50. The van der Waals surface area contributed by atoms with Crippen LogP contribution in [0.2, 0.25) is 0 Å². The van der Waals surface area contributed by atoms with Gasteiger partial charge in [0.2, 0.25) is 10.7 Å². The van der Waals surface area contributed by atoms with E-state index in [0.29, 0.717) is 4.80 Å². The largest absolute Gasteiger partial charge is 0.324 e. The molecule has 110 valence electrons. The molecule has 1 aromatic heterocycles. The minimum absolute atomic E-state index is 0.0194. The van der Waals surface area contributed by atoms with Gasteiger partial charge in [-0.15, -0.1) is 0 Å². The lowest BCUT2D eigenvalue weighted by molar-refractivity contribution is -0.114. The maximum absolute atomic E-state index is 11.9. The second kappa shape index (κ2) is 6.77. The fourth-order valence-electron chi connectivity index (χ4n) is 1.86. The van der Waals surface area contributed by atoms with Crippen molar-refractivity contribution < 1.29 is 4.79 Å². The summed E-state index contributed by atoms with van der Waals surface area (Å²) in [7, 11) is 0. The van der Waals surface area contributed by atoms with Gasteiger partial charge in [-0.25, -0.2) is 4.99 Å². The van der Waals surface area contributed by atoms with E-state index in [1.807, 2.05) is 60.7 Å². The first-order chi connectivity index (χ1) is 10.8. The zero-order valence-electron chi connectivity index (χ0n) is 11.6. The molecular weight excluding hydrogens is 298 g/mol. The first kappa shape index (κ1) is 14.2. The first-order valence-electron chi connectivity index (χ1n) is 6.65. The lowest BCUT2D eigenvalue weighted by Crippen LogP contribution is -2.20. The number of amides is 1. The summed E-state index contributed by atoms with van der Waals surface area (Å²) in [6.45, 7) is 0.0194. The molecule has 0 spiro atoms. The van der Waals surface area contributed by atoms with Crippen molar-refractivity contribution in [2.24, 2.45) is 4.99 Å². The maximum atomic E-state index is 11.9. The molecule has 3 rings (SSSR count). The summed E-state index contributed by atoms with van der Waals surface area (Å²) in [5.74, 6) is -0.181. The van der Waals surface area contributed by atoms with E-state index in [1.165, 1.54) is 0 Å². The molecule has 1 amide bonds. The van der Waals surface area contributed by atoms with E-state index < -0.39 is 0 Å². The van der Waals surface area contributed by atoms with Gasteiger partial charge >= 0.3 is 0 Å². The fourth-order valence-corrected chi connectivity index (χ4v) is 2.38. The van der Waals surface area contributed by atoms with Crippen LogP contribution in [-0.2, 0) is 4.79 Å². The van der Waals surface area contributed by atoms with E-state index in [2.05, 4.69) is 20.0 Å². The molecule has 0 aliphatic carbocycles. The molecule has 0 aliphatic rings. The molecule has 0 aliphatic heterocycles. The Morgan fingerprint density at radius 2 is 1.77 bits per heavy atom. The average Bonchev–Trinajstić information content (AvgIpc) is 3.03. The predicted octanol–water partition coefficient (Wildman–Crippen LogP) is 1.87. The van der Waals surface area contributed by atoms with Crippen LogP contribution in [0.5, 0.6) is 0 Å². The second-order valence-corrected chi connectivity index (χ2v) is 5.13. The van der Waals surface area contributed by atoms with Gasteiger partial charge in [-0.2, -0.15) is 4.68 Å². The third kappa shape index (κ3) is 3.44. The van der Waals surface area contributed by atoms with E-state index in [-0.39, 0.29) is 12.5 Å². The lowest BCUT2D eigenvalue weighted by Gasteiger charge is -2.02. The number of hydrogen-bond donors (Lipinski definition) is 1. The third-order valence-corrected chi connectivity index (χ3v) is 3.47. The summed E-state index contributed by atoms with van der Waals surface area (Å²) in [6.07, 6.45) is 0. The molecule has 7 heteroatoms. The molecule has 0 saturated carbocycles. The van der Waals surface area contributed by atoms with Crippen LogP contribution in [0.25, 0.3) is 5.69 Å². The summed E-state index contributed by atoms with van der Waals surface area (Å²) in [5, 5.41) is 6.79. The number of carbonyl (C=O) groups is 1. The average molecular weight is 311 g/mol. The number of benzene rings is 2. The summed E-state index contributed by atoms with van der Waals surface area (Å²) >= 11 is 1.15. The highest BCUT2D eigenvalue weighted by atomic mass is 32.1. The number of anilines is 1. The highest BCUT2D eigenvalue weighted by Crippen LogP contribution is 2.04. The van der Waals surface area contributed by atoms with E-state index >= 15 is 0 Å². The molecule has 1 heterocycles. The normalized spacial score (nSPS) is 11.4. The standard InChI is InChI=1S/C15H13N5OS/c21-14(17-12-7-3-1-4-8-12)11-16-15-20(18-19-22-15)13-9-5-2-6-10-13/h1-10H,11H2,(H,17,21). The van der Waals surface area contributed by atoms with Crippen LogP contribution in [-0.4, -0.2) is 26.8 Å². The van der Waals surface area contributed by atoms with Crippen molar-refractivity contribution in [2.45, 2.75) is 0 Å². The lowest BCUT2D eigenvalue weighted by atomic mass is 10.3. The van der Waals surface area contributed by atoms with Gasteiger partial charge in [0.1, 0.15) is 6.54 Å². The van der Waals surface area contributed by atoms with Gasteiger partial charge in [-0.3, -0.25) is 4.79 Å². The molecule has 1 N–H and O–H groups in total. The van der Waals surface area contributed by atoms with Crippen LogP contribution in [0.1, 0.15) is 0 Å². The van der Waals surface area contributed by atoms with Crippen LogP contribution in [0.15, 0.2) is 65.7 Å². The van der Waals surface area contributed by atoms with Gasteiger partial charge in [0.25, 0.3) is 0 Å². The Balaban J connectivity index is 1.74. The molecule has 0 atom stereocenters. The minimum atomic E-state index is -0.181. The molecule has 0 fully saturated rings. The number of nitrogens with one attached hydrogen (secondary N) is 1. The number of nitrogens with zero attached hydrogens (tertiary/aromatic N) is 4. The molecule has 22 heavy (non-hydrogen) atoms. The Labute approximate surface area is 130 Å². The highest BCUT2D eigenvalue weighted by molar-refractivity contribution is 7.02. The third-order valence-electron chi connectivity index (χ3n) is 2.85. The van der Waals surface area contributed by atoms with Crippen molar-refractivity contribution in [2.75, 3.05) is 11.9 Å². The van der Waals surface area contributed by atoms with Crippen molar-refractivity contribution in [1.82, 2.24) is 14.4 Å². The van der Waals surface area contributed by atoms with E-state index in [0.717, 1.165) is 22.9 Å². The van der Waals surface area contributed by atoms with E-state index in [4.69, 9.17) is 0 Å². The van der Waals surface area contributed by atoms with Crippen molar-refractivity contribution in [1.29, 1.82) is 0 Å². The van der Waals surface area contributed by atoms with Gasteiger partial charge in [0, 0.05) is 17.2 Å². The zero-order valence-corrected chi connectivity index (χ0v) is 12.4. The SMILES string of the molecule is O=C(CN=c1snnn1-c1ccccc1)Nc1ccccc1. The Hall–Kier alpha value is -2.80. The Kier molecular flexibility index (Phi) is 4.35. The number of rotatable bonds is 4. The van der Waals surface area contributed by atoms with Crippen LogP contribution < -0.4 is 10.1 Å². The topological polar surface area (TPSA) is 72.2 Å². The summed E-state index contributed by atoms with van der Waals surface area (Å²) in [5.41, 5.74) is 1.61. The van der Waals surface area contributed by atoms with Crippen LogP contribution in [0.3, 0.4) is 0 Å². The number of hydrogen-bond acceptors (Lipinski definition) is 5. The summed E-state index contributed by atoms with van der Waals surface area (Å²) in [4.78, 5) is 16.8. The highest BCUT2D eigenvalue weighted by Gasteiger charge is 2.04. The van der Waals surface area contributed by atoms with Gasteiger partial charge in [0.15, 0.2) is 0 Å². The molecule has 6 nitrogen and oxygen atoms in total. The number of para-hydroxylation sites is 2. The van der Waals surface area contributed by atoms with Gasteiger partial charge < -0.3 is 5.32 Å². The van der Waals surface area contributed by atoms with Crippen molar-refractivity contribution in [3.63, 3.8) is 0 Å². The zero-order chi connectivity index (χ0) is 15.2. The molecule has 0 radical (unpaired) electrons. The Morgan fingerprint density at radius 3 is 2.50 bits per heavy atom. The van der Waals surface area contributed by atoms with Crippen molar-refractivity contribution in [3.05, 3.63) is 65.5 Å². The molecule has 0 saturated heterocycles. The second-order valence-electron chi connectivity index (χ2n) is 4.42. The quantitative estimate of drug-likeness (QED) is 0.799. The van der Waals surface area contributed by atoms with E-state index in [9.17, 15) is 4.79 Å². The van der Waals surface area contributed by atoms with E-state index in [1.54, 1.807) is 4.68 Å². The predicted molar refractivity (Wildman–Crippen MR) is 84.7 cm³/mol. The van der Waals surface area contributed by atoms with Gasteiger partial charge in [-0.1, -0.05) is 40.9 Å². The molecule has 0 unspecified atom stereocenters. The summed E-state index contributed by atoms with van der Waals surface area (Å²) in [6, 6.07) is 18.8. The number of aromatic nitrogens is 3. The monoisotopic (exact) mass is 311 g/mol. The Bertz CT molecular complexity index is 810.